The summed E-state index contributed by atoms with van der Waals surface area (Å²) < 4.78 is 5.28. The Morgan fingerprint density at radius 2 is 1.38 bits per heavy atom. The first-order valence-corrected chi connectivity index (χ1v) is 11.4. The number of hydrogen-bond acceptors (Lipinski definition) is 3. The Hall–Kier alpha value is -2.10. The van der Waals surface area contributed by atoms with E-state index >= 15 is 0 Å². The van der Waals surface area contributed by atoms with Crippen molar-refractivity contribution in [1.82, 2.24) is 0 Å². The molecule has 0 atom stereocenters. The lowest BCUT2D eigenvalue weighted by atomic mass is 10.1. The summed E-state index contributed by atoms with van der Waals surface area (Å²) >= 11 is 0. The van der Waals surface area contributed by atoms with Crippen LogP contribution in [0.25, 0.3) is 0 Å². The number of allylic oxidation sites excluding steroid dienone is 2. The summed E-state index contributed by atoms with van der Waals surface area (Å²) in [5.41, 5.74) is 5.53. The molecule has 0 saturated carbocycles. The Morgan fingerprint density at radius 1 is 0.828 bits per heavy atom. The van der Waals surface area contributed by atoms with Crippen LogP contribution < -0.4 is 10.5 Å². The van der Waals surface area contributed by atoms with Gasteiger partial charge in [-0.1, -0.05) is 82.6 Å². The highest BCUT2D eigenvalue weighted by molar-refractivity contribution is 5.96. The third kappa shape index (κ3) is 12.9. The quantitative estimate of drug-likeness (QED) is 0.136. The molecule has 0 aliphatic heterocycles. The minimum absolute atomic E-state index is 0.241. The topological polar surface area (TPSA) is 69.4 Å². The highest BCUT2D eigenvalue weighted by Crippen LogP contribution is 2.18. The van der Waals surface area contributed by atoms with Crippen molar-refractivity contribution in [2.75, 3.05) is 0 Å². The molecule has 0 bridgehead atoms. The summed E-state index contributed by atoms with van der Waals surface area (Å²) in [6.45, 7) is 2.25. The second-order valence-corrected chi connectivity index (χ2v) is 7.67. The average Bonchev–Trinajstić information content (AvgIpc) is 2.71. The van der Waals surface area contributed by atoms with Gasteiger partial charge in [-0.25, -0.2) is 0 Å². The van der Waals surface area contributed by atoms with Crippen molar-refractivity contribution in [3.63, 3.8) is 0 Å². The normalized spacial score (nSPS) is 11.1. The number of nitrogens with two attached hydrogens (primary N) is 1. The number of carbonyl (C=O) groups is 2. The molecule has 1 aromatic carbocycles. The second-order valence-electron chi connectivity index (χ2n) is 7.67. The molecule has 2 N–H and O–H groups in total. The molecule has 0 aliphatic rings. The molecular weight excluding hydrogens is 362 g/mol. The van der Waals surface area contributed by atoms with Crippen LogP contribution >= 0.6 is 0 Å². The molecule has 1 aromatic rings. The SMILES string of the molecule is CCCCCCCC/C=C\CCCCCCCC(=O)Oc1ccccc1C(N)=O. The molecule has 0 fully saturated rings. The van der Waals surface area contributed by atoms with E-state index in [4.69, 9.17) is 10.5 Å². The van der Waals surface area contributed by atoms with Gasteiger partial charge in [-0.05, 0) is 44.2 Å². The lowest BCUT2D eigenvalue weighted by Crippen LogP contribution is -2.15. The van der Waals surface area contributed by atoms with Gasteiger partial charge < -0.3 is 10.5 Å². The number of primary amides is 1. The zero-order valence-corrected chi connectivity index (χ0v) is 18.2. The fourth-order valence-electron chi connectivity index (χ4n) is 3.27. The highest BCUT2D eigenvalue weighted by Gasteiger charge is 2.12. The van der Waals surface area contributed by atoms with Gasteiger partial charge in [-0.3, -0.25) is 9.59 Å². The Kier molecular flexibility index (Phi) is 14.5. The minimum Gasteiger partial charge on any atom is -0.426 e. The van der Waals surface area contributed by atoms with Crippen LogP contribution in [0, 0.1) is 0 Å². The maximum absolute atomic E-state index is 11.9. The van der Waals surface area contributed by atoms with Crippen LogP contribution in [0.3, 0.4) is 0 Å². The number of benzene rings is 1. The van der Waals surface area contributed by atoms with E-state index in [1.54, 1.807) is 24.3 Å². The molecule has 0 aliphatic carbocycles. The lowest BCUT2D eigenvalue weighted by Gasteiger charge is -2.07. The van der Waals surface area contributed by atoms with Crippen molar-refractivity contribution in [3.05, 3.63) is 42.0 Å². The Labute approximate surface area is 176 Å². The second kappa shape index (κ2) is 16.8. The standard InChI is InChI=1S/C25H39NO3/c1-2-3-4-5-6-7-8-9-10-11-12-13-14-15-16-21-24(27)29-23-20-18-17-19-22(23)25(26)28/h9-10,17-20H,2-8,11-16,21H2,1H3,(H2,26,28)/b10-9-. The number of rotatable bonds is 17. The van der Waals surface area contributed by atoms with E-state index in [0.29, 0.717) is 6.42 Å². The summed E-state index contributed by atoms with van der Waals surface area (Å²) in [5, 5.41) is 0. The number of unbranched alkanes of at least 4 members (excludes halogenated alkanes) is 11. The van der Waals surface area contributed by atoms with Crippen molar-refractivity contribution < 1.29 is 14.3 Å². The van der Waals surface area contributed by atoms with Gasteiger partial charge in [-0.2, -0.15) is 0 Å². The number of amides is 1. The number of carbonyl (C=O) groups excluding carboxylic acids is 2. The van der Waals surface area contributed by atoms with E-state index in [2.05, 4.69) is 19.1 Å². The molecule has 0 saturated heterocycles. The monoisotopic (exact) mass is 401 g/mol. The molecule has 0 aromatic heterocycles. The number of para-hydroxylation sites is 1. The Balaban J connectivity index is 1.97. The zero-order chi connectivity index (χ0) is 21.2. The van der Waals surface area contributed by atoms with Gasteiger partial charge in [-0.15, -0.1) is 0 Å². The molecule has 0 radical (unpaired) electrons. The fraction of sp³-hybridized carbons (Fsp3) is 0.600. The molecule has 0 heterocycles. The van der Waals surface area contributed by atoms with Crippen molar-refractivity contribution in [3.8, 4) is 5.75 Å². The van der Waals surface area contributed by atoms with E-state index < -0.39 is 5.91 Å². The van der Waals surface area contributed by atoms with E-state index in [1.807, 2.05) is 0 Å². The summed E-state index contributed by atoms with van der Waals surface area (Å²) in [6, 6.07) is 6.57. The zero-order valence-electron chi connectivity index (χ0n) is 18.2. The van der Waals surface area contributed by atoms with Crippen LogP contribution in [0.15, 0.2) is 36.4 Å². The molecule has 29 heavy (non-hydrogen) atoms. The van der Waals surface area contributed by atoms with Crippen LogP contribution in [0.1, 0.15) is 107 Å². The molecular formula is C25H39NO3. The van der Waals surface area contributed by atoms with Crippen molar-refractivity contribution >= 4 is 11.9 Å². The number of esters is 1. The summed E-state index contributed by atoms with van der Waals surface area (Å²) in [6.07, 6.45) is 20.9. The first kappa shape index (κ1) is 24.9. The molecule has 162 valence electrons. The average molecular weight is 402 g/mol. The Bertz CT molecular complexity index is 610. The lowest BCUT2D eigenvalue weighted by molar-refractivity contribution is -0.134. The van der Waals surface area contributed by atoms with Crippen LogP contribution in [-0.4, -0.2) is 11.9 Å². The number of ether oxygens (including phenoxy) is 1. The molecule has 4 heteroatoms. The Morgan fingerprint density at radius 3 is 2.00 bits per heavy atom. The molecule has 1 rings (SSSR count). The van der Waals surface area contributed by atoms with E-state index in [9.17, 15) is 9.59 Å². The fourth-order valence-corrected chi connectivity index (χ4v) is 3.27. The van der Waals surface area contributed by atoms with Gasteiger partial charge >= 0.3 is 5.97 Å². The van der Waals surface area contributed by atoms with Crippen LogP contribution in [0.5, 0.6) is 5.75 Å². The summed E-state index contributed by atoms with van der Waals surface area (Å²) in [7, 11) is 0. The van der Waals surface area contributed by atoms with Crippen LogP contribution in [-0.2, 0) is 4.79 Å². The van der Waals surface area contributed by atoms with E-state index in [0.717, 1.165) is 25.7 Å². The third-order valence-corrected chi connectivity index (χ3v) is 5.02. The summed E-state index contributed by atoms with van der Waals surface area (Å²) in [4.78, 5) is 23.3. The first-order chi connectivity index (χ1) is 14.1. The van der Waals surface area contributed by atoms with Crippen molar-refractivity contribution in [1.29, 1.82) is 0 Å². The molecule has 4 nitrogen and oxygen atoms in total. The van der Waals surface area contributed by atoms with Gasteiger partial charge in [0.05, 0.1) is 5.56 Å². The van der Waals surface area contributed by atoms with Gasteiger partial charge in [0.25, 0.3) is 5.91 Å². The van der Waals surface area contributed by atoms with Crippen molar-refractivity contribution in [2.45, 2.75) is 96.8 Å². The molecule has 0 unspecified atom stereocenters. The highest BCUT2D eigenvalue weighted by atomic mass is 16.5. The maximum Gasteiger partial charge on any atom is 0.311 e. The smallest absolute Gasteiger partial charge is 0.311 e. The number of hydrogen-bond donors (Lipinski definition) is 1. The van der Waals surface area contributed by atoms with Crippen molar-refractivity contribution in [2.24, 2.45) is 5.73 Å². The molecule has 0 spiro atoms. The van der Waals surface area contributed by atoms with Crippen LogP contribution in [0.4, 0.5) is 0 Å². The minimum atomic E-state index is -0.588. The predicted molar refractivity (Wildman–Crippen MR) is 120 cm³/mol. The van der Waals surface area contributed by atoms with E-state index in [1.165, 1.54) is 57.8 Å². The maximum atomic E-state index is 11.9. The van der Waals surface area contributed by atoms with Gasteiger partial charge in [0.2, 0.25) is 0 Å². The third-order valence-electron chi connectivity index (χ3n) is 5.02. The van der Waals surface area contributed by atoms with E-state index in [-0.39, 0.29) is 17.3 Å². The van der Waals surface area contributed by atoms with Crippen LogP contribution in [0.2, 0.25) is 0 Å². The van der Waals surface area contributed by atoms with Gasteiger partial charge in [0.1, 0.15) is 5.75 Å². The molecule has 1 amide bonds. The first-order valence-electron chi connectivity index (χ1n) is 11.4. The predicted octanol–water partition coefficient (Wildman–Crippen LogP) is 6.73. The largest absolute Gasteiger partial charge is 0.426 e. The summed E-state index contributed by atoms with van der Waals surface area (Å²) in [5.74, 6) is -0.650. The van der Waals surface area contributed by atoms with Gasteiger partial charge in [0, 0.05) is 6.42 Å². The van der Waals surface area contributed by atoms with Gasteiger partial charge in [0.15, 0.2) is 0 Å².